The highest BCUT2D eigenvalue weighted by molar-refractivity contribution is 5.95. The third kappa shape index (κ3) is 3.21. The number of ether oxygens (including phenoxy) is 1. The molecule has 2 fully saturated rings. The summed E-state index contributed by atoms with van der Waals surface area (Å²) < 4.78 is 47.2. The average molecular weight is 431 g/mol. The van der Waals surface area contributed by atoms with E-state index in [0.29, 0.717) is 11.3 Å². The summed E-state index contributed by atoms with van der Waals surface area (Å²) in [5, 5.41) is 4.17. The Morgan fingerprint density at radius 2 is 2.00 bits per heavy atom. The van der Waals surface area contributed by atoms with Gasteiger partial charge in [0.15, 0.2) is 11.6 Å². The number of carbonyl (C=O) groups excluding carboxylic acids is 1. The molecule has 2 aromatic heterocycles. The lowest BCUT2D eigenvalue weighted by Gasteiger charge is -2.40. The summed E-state index contributed by atoms with van der Waals surface area (Å²) in [5.41, 5.74) is 0.569. The lowest BCUT2D eigenvalue weighted by molar-refractivity contribution is 0.0553. The number of rotatable bonds is 4. The third-order valence-corrected chi connectivity index (χ3v) is 6.36. The molecule has 31 heavy (non-hydrogen) atoms. The van der Waals surface area contributed by atoms with Crippen LogP contribution in [0.3, 0.4) is 0 Å². The summed E-state index contributed by atoms with van der Waals surface area (Å²) >= 11 is 0. The molecule has 0 N–H and O–H groups in total. The van der Waals surface area contributed by atoms with Gasteiger partial charge in [0, 0.05) is 23.6 Å². The summed E-state index contributed by atoms with van der Waals surface area (Å²) in [4.78, 5) is 23.1. The van der Waals surface area contributed by atoms with Crippen molar-refractivity contribution >= 4 is 11.7 Å². The van der Waals surface area contributed by atoms with E-state index in [4.69, 9.17) is 4.74 Å². The fraction of sp³-hybridized carbons (Fsp3) is 0.429. The van der Waals surface area contributed by atoms with Gasteiger partial charge in [-0.2, -0.15) is 10.1 Å². The van der Waals surface area contributed by atoms with Crippen LogP contribution >= 0.6 is 0 Å². The van der Waals surface area contributed by atoms with Crippen LogP contribution in [-0.4, -0.2) is 49.6 Å². The SMILES string of the molecule is COc1cc(C(=O)N2[C@H]3CC[C@H](c4cc(C(F)F)nc5ncnn45)[C@@H]2CC3)ccc1F. The molecule has 2 bridgehead atoms. The summed E-state index contributed by atoms with van der Waals surface area (Å²) in [7, 11) is 1.35. The minimum atomic E-state index is -2.73. The van der Waals surface area contributed by atoms with E-state index in [2.05, 4.69) is 15.1 Å². The fourth-order valence-electron chi connectivity index (χ4n) is 4.99. The molecule has 5 rings (SSSR count). The number of nitrogens with zero attached hydrogens (tertiary/aromatic N) is 5. The first-order valence-electron chi connectivity index (χ1n) is 10.1. The maximum Gasteiger partial charge on any atom is 0.280 e. The number of amides is 1. The first kappa shape index (κ1) is 19.8. The molecule has 3 aromatic rings. The molecule has 0 radical (unpaired) electrons. The topological polar surface area (TPSA) is 72.6 Å². The Morgan fingerprint density at radius 3 is 2.77 bits per heavy atom. The van der Waals surface area contributed by atoms with Crippen molar-refractivity contribution in [2.45, 2.75) is 50.1 Å². The second kappa shape index (κ2) is 7.51. The number of carbonyl (C=O) groups is 1. The molecule has 1 aromatic carbocycles. The van der Waals surface area contributed by atoms with Crippen LogP contribution in [0, 0.1) is 5.82 Å². The van der Waals surface area contributed by atoms with Gasteiger partial charge < -0.3 is 9.64 Å². The Labute approximate surface area is 175 Å². The molecule has 162 valence electrons. The summed E-state index contributed by atoms with van der Waals surface area (Å²) in [6.45, 7) is 0. The van der Waals surface area contributed by atoms with Crippen LogP contribution in [0.15, 0.2) is 30.6 Å². The number of hydrogen-bond acceptors (Lipinski definition) is 5. The standard InChI is InChI=1S/C21H20F3N5O2/c1-31-18-8-11(2-6-14(18)22)20(30)28-12-3-5-13(16(28)7-4-12)17-9-15(19(23)24)27-21-25-10-26-29(17)21/h2,6,8-10,12-13,16,19H,3-5,7H2,1H3/t12-,13-,16-/m0/s1. The normalized spacial score (nSPS) is 23.0. The van der Waals surface area contributed by atoms with E-state index in [1.165, 1.54) is 42.2 Å². The highest BCUT2D eigenvalue weighted by Crippen LogP contribution is 2.45. The van der Waals surface area contributed by atoms with Gasteiger partial charge in [-0.25, -0.2) is 22.7 Å². The van der Waals surface area contributed by atoms with Gasteiger partial charge in [-0.1, -0.05) is 0 Å². The van der Waals surface area contributed by atoms with Crippen molar-refractivity contribution < 1.29 is 22.7 Å². The maximum atomic E-state index is 13.8. The van der Waals surface area contributed by atoms with Crippen molar-refractivity contribution in [3.63, 3.8) is 0 Å². The number of aromatic nitrogens is 4. The van der Waals surface area contributed by atoms with E-state index < -0.39 is 12.2 Å². The average Bonchev–Trinajstić information content (AvgIpc) is 3.36. The zero-order valence-electron chi connectivity index (χ0n) is 16.7. The van der Waals surface area contributed by atoms with Gasteiger partial charge in [0.25, 0.3) is 18.1 Å². The first-order chi connectivity index (χ1) is 15.0. The first-order valence-corrected chi connectivity index (χ1v) is 10.1. The Hall–Kier alpha value is -3.17. The van der Waals surface area contributed by atoms with Gasteiger partial charge in [-0.3, -0.25) is 4.79 Å². The monoisotopic (exact) mass is 431 g/mol. The zero-order valence-corrected chi connectivity index (χ0v) is 16.7. The van der Waals surface area contributed by atoms with Crippen molar-refractivity contribution in [2.24, 2.45) is 0 Å². The molecule has 10 heteroatoms. The molecule has 7 nitrogen and oxygen atoms in total. The molecular formula is C21H20F3N5O2. The molecule has 0 spiro atoms. The number of piperidine rings is 1. The van der Waals surface area contributed by atoms with E-state index in [1.807, 2.05) is 4.90 Å². The van der Waals surface area contributed by atoms with Crippen LogP contribution in [0.1, 0.15) is 59.8 Å². The highest BCUT2D eigenvalue weighted by atomic mass is 19.3. The van der Waals surface area contributed by atoms with Crippen molar-refractivity contribution in [3.8, 4) is 5.75 Å². The molecule has 3 atom stereocenters. The maximum absolute atomic E-state index is 13.8. The van der Waals surface area contributed by atoms with Crippen LogP contribution in [0.4, 0.5) is 13.2 Å². The Morgan fingerprint density at radius 1 is 1.19 bits per heavy atom. The van der Waals surface area contributed by atoms with E-state index in [9.17, 15) is 18.0 Å². The highest BCUT2D eigenvalue weighted by Gasteiger charge is 2.46. The molecule has 0 saturated carbocycles. The Balaban J connectivity index is 1.53. The second-order valence-electron chi connectivity index (χ2n) is 7.92. The van der Waals surface area contributed by atoms with E-state index in [0.717, 1.165) is 25.7 Å². The largest absolute Gasteiger partial charge is 0.494 e. The number of halogens is 3. The number of alkyl halides is 2. The summed E-state index contributed by atoms with van der Waals surface area (Å²) in [6, 6.07) is 5.32. The number of hydrogen-bond donors (Lipinski definition) is 0. The summed E-state index contributed by atoms with van der Waals surface area (Å²) in [6.07, 6.45) is 1.63. The molecule has 2 aliphatic heterocycles. The molecule has 0 aliphatic carbocycles. The van der Waals surface area contributed by atoms with Crippen LogP contribution in [0.2, 0.25) is 0 Å². The van der Waals surface area contributed by atoms with Crippen LogP contribution in [-0.2, 0) is 0 Å². The molecule has 0 unspecified atom stereocenters. The minimum absolute atomic E-state index is 0.00629. The van der Waals surface area contributed by atoms with Gasteiger partial charge >= 0.3 is 0 Å². The van der Waals surface area contributed by atoms with E-state index in [-0.39, 0.29) is 41.1 Å². The molecule has 2 saturated heterocycles. The van der Waals surface area contributed by atoms with Gasteiger partial charge in [-0.15, -0.1) is 0 Å². The number of fused-ring (bicyclic) bond motifs is 3. The summed E-state index contributed by atoms with van der Waals surface area (Å²) in [5.74, 6) is -0.812. The molecule has 1 amide bonds. The molecule has 4 heterocycles. The minimum Gasteiger partial charge on any atom is -0.494 e. The van der Waals surface area contributed by atoms with E-state index >= 15 is 0 Å². The lowest BCUT2D eigenvalue weighted by atomic mass is 9.86. The number of benzene rings is 1. The lowest BCUT2D eigenvalue weighted by Crippen LogP contribution is -2.47. The smallest absolute Gasteiger partial charge is 0.280 e. The van der Waals surface area contributed by atoms with Gasteiger partial charge in [0.2, 0.25) is 0 Å². The van der Waals surface area contributed by atoms with Gasteiger partial charge in [0.1, 0.15) is 12.0 Å². The second-order valence-corrected chi connectivity index (χ2v) is 7.92. The Bertz CT molecular complexity index is 1150. The van der Waals surface area contributed by atoms with Crippen LogP contribution < -0.4 is 4.74 Å². The third-order valence-electron chi connectivity index (χ3n) is 6.36. The number of methoxy groups -OCH3 is 1. The van der Waals surface area contributed by atoms with Crippen LogP contribution in [0.25, 0.3) is 5.78 Å². The van der Waals surface area contributed by atoms with Crippen molar-refractivity contribution in [1.82, 2.24) is 24.5 Å². The van der Waals surface area contributed by atoms with Crippen LogP contribution in [0.5, 0.6) is 5.75 Å². The van der Waals surface area contributed by atoms with Gasteiger partial charge in [0.05, 0.1) is 12.8 Å². The fourth-order valence-corrected chi connectivity index (χ4v) is 4.99. The predicted octanol–water partition coefficient (Wildman–Crippen LogP) is 3.76. The molecule has 2 aliphatic rings. The predicted molar refractivity (Wildman–Crippen MR) is 104 cm³/mol. The van der Waals surface area contributed by atoms with Crippen molar-refractivity contribution in [1.29, 1.82) is 0 Å². The zero-order chi connectivity index (χ0) is 21.7. The van der Waals surface area contributed by atoms with E-state index in [1.54, 1.807) is 0 Å². The molecular weight excluding hydrogens is 411 g/mol. The van der Waals surface area contributed by atoms with Crippen molar-refractivity contribution in [3.05, 3.63) is 53.4 Å². The quantitative estimate of drug-likeness (QED) is 0.629. The van der Waals surface area contributed by atoms with Crippen molar-refractivity contribution in [2.75, 3.05) is 7.11 Å². The van der Waals surface area contributed by atoms with Gasteiger partial charge in [-0.05, 0) is 49.9 Å². The Kier molecular flexibility index (Phi) is 4.79.